The number of aromatic amines is 1. The van der Waals surface area contributed by atoms with Crippen molar-refractivity contribution in [3.05, 3.63) is 12.4 Å². The minimum Gasteiger partial charge on any atom is -0.331 e. The molecule has 4 heteroatoms. The van der Waals surface area contributed by atoms with Crippen molar-refractivity contribution < 1.29 is 4.79 Å². The highest BCUT2D eigenvalue weighted by Gasteiger charge is 2.05. The molecule has 1 aromatic heterocycles. The van der Waals surface area contributed by atoms with Gasteiger partial charge in [0.25, 0.3) is 0 Å². The first-order valence-corrected chi connectivity index (χ1v) is 2.95. The molecule has 0 fully saturated rings. The SMILES string of the molecule is CC(=O)N(C)c1ncc[nH]1. The highest BCUT2D eigenvalue weighted by molar-refractivity contribution is 5.88. The third-order valence-corrected chi connectivity index (χ3v) is 1.27. The average molecular weight is 139 g/mol. The summed E-state index contributed by atoms with van der Waals surface area (Å²) in [6.45, 7) is 1.49. The third-order valence-electron chi connectivity index (χ3n) is 1.27. The lowest BCUT2D eigenvalue weighted by molar-refractivity contribution is -0.116. The number of carbonyl (C=O) groups excluding carboxylic acids is 1. The number of anilines is 1. The molecule has 0 atom stereocenters. The van der Waals surface area contributed by atoms with Gasteiger partial charge in [0.1, 0.15) is 0 Å². The van der Waals surface area contributed by atoms with Crippen LogP contribution in [0.3, 0.4) is 0 Å². The van der Waals surface area contributed by atoms with E-state index in [9.17, 15) is 4.79 Å². The Morgan fingerprint density at radius 2 is 2.50 bits per heavy atom. The van der Waals surface area contributed by atoms with Crippen molar-refractivity contribution in [1.82, 2.24) is 9.97 Å². The minimum absolute atomic E-state index is 0.0325. The van der Waals surface area contributed by atoms with Crippen LogP contribution in [0.4, 0.5) is 5.95 Å². The summed E-state index contributed by atoms with van der Waals surface area (Å²) in [7, 11) is 1.67. The second-order valence-corrected chi connectivity index (χ2v) is 1.99. The van der Waals surface area contributed by atoms with E-state index in [4.69, 9.17) is 0 Å². The molecule has 54 valence electrons. The van der Waals surface area contributed by atoms with Gasteiger partial charge in [0.2, 0.25) is 11.9 Å². The van der Waals surface area contributed by atoms with E-state index >= 15 is 0 Å². The van der Waals surface area contributed by atoms with E-state index in [1.807, 2.05) is 0 Å². The molecule has 1 N–H and O–H groups in total. The molecular weight excluding hydrogens is 130 g/mol. The van der Waals surface area contributed by atoms with Crippen LogP contribution in [0, 0.1) is 0 Å². The lowest BCUT2D eigenvalue weighted by Crippen LogP contribution is -2.23. The summed E-state index contributed by atoms with van der Waals surface area (Å²) in [6, 6.07) is 0. The van der Waals surface area contributed by atoms with Crippen LogP contribution in [-0.4, -0.2) is 22.9 Å². The highest BCUT2D eigenvalue weighted by Crippen LogP contribution is 2.01. The number of nitrogens with one attached hydrogen (secondary N) is 1. The summed E-state index contributed by atoms with van der Waals surface area (Å²) < 4.78 is 0. The molecule has 1 heterocycles. The van der Waals surface area contributed by atoms with Gasteiger partial charge in [-0.05, 0) is 0 Å². The molecule has 0 saturated heterocycles. The van der Waals surface area contributed by atoms with Crippen LogP contribution >= 0.6 is 0 Å². The zero-order valence-electron chi connectivity index (χ0n) is 5.96. The first kappa shape index (κ1) is 6.80. The van der Waals surface area contributed by atoms with Crippen molar-refractivity contribution >= 4 is 11.9 Å². The van der Waals surface area contributed by atoms with Crippen molar-refractivity contribution in [3.63, 3.8) is 0 Å². The molecule has 1 amide bonds. The van der Waals surface area contributed by atoms with E-state index in [2.05, 4.69) is 9.97 Å². The van der Waals surface area contributed by atoms with E-state index in [0.29, 0.717) is 5.95 Å². The Hall–Kier alpha value is -1.32. The predicted octanol–water partition coefficient (Wildman–Crippen LogP) is 0.392. The average Bonchev–Trinajstić information content (AvgIpc) is 2.36. The number of hydrogen-bond donors (Lipinski definition) is 1. The molecule has 0 aliphatic carbocycles. The summed E-state index contributed by atoms with van der Waals surface area (Å²) in [6.07, 6.45) is 3.28. The summed E-state index contributed by atoms with van der Waals surface area (Å²) in [4.78, 5) is 18.9. The van der Waals surface area contributed by atoms with E-state index in [0.717, 1.165) is 0 Å². The topological polar surface area (TPSA) is 49.0 Å². The van der Waals surface area contributed by atoms with Gasteiger partial charge in [0.05, 0.1) is 0 Å². The second kappa shape index (κ2) is 2.51. The summed E-state index contributed by atoms with van der Waals surface area (Å²) in [5.41, 5.74) is 0. The number of aromatic nitrogens is 2. The zero-order valence-corrected chi connectivity index (χ0v) is 5.96. The number of H-pyrrole nitrogens is 1. The van der Waals surface area contributed by atoms with Crippen molar-refractivity contribution in [2.45, 2.75) is 6.92 Å². The van der Waals surface area contributed by atoms with E-state index < -0.39 is 0 Å². The maximum atomic E-state index is 10.7. The first-order chi connectivity index (χ1) is 4.72. The van der Waals surface area contributed by atoms with Crippen molar-refractivity contribution in [3.8, 4) is 0 Å². The lowest BCUT2D eigenvalue weighted by atomic mass is 10.6. The van der Waals surface area contributed by atoms with Crippen molar-refractivity contribution in [2.75, 3.05) is 11.9 Å². The lowest BCUT2D eigenvalue weighted by Gasteiger charge is -2.09. The number of hydrogen-bond acceptors (Lipinski definition) is 2. The molecule has 0 unspecified atom stereocenters. The molecule has 0 aliphatic heterocycles. The van der Waals surface area contributed by atoms with Crippen molar-refractivity contribution in [1.29, 1.82) is 0 Å². The molecular formula is C6H9N3O. The molecule has 0 spiro atoms. The maximum Gasteiger partial charge on any atom is 0.225 e. The fourth-order valence-electron chi connectivity index (χ4n) is 0.590. The number of rotatable bonds is 1. The normalized spacial score (nSPS) is 9.40. The Balaban J connectivity index is 2.77. The zero-order chi connectivity index (χ0) is 7.56. The Morgan fingerprint density at radius 3 is 2.90 bits per heavy atom. The van der Waals surface area contributed by atoms with Gasteiger partial charge >= 0.3 is 0 Å². The second-order valence-electron chi connectivity index (χ2n) is 1.99. The third kappa shape index (κ3) is 1.15. The largest absolute Gasteiger partial charge is 0.331 e. The molecule has 4 nitrogen and oxygen atoms in total. The predicted molar refractivity (Wildman–Crippen MR) is 37.7 cm³/mol. The standard InChI is InChI=1S/C6H9N3O/c1-5(10)9(2)6-7-3-4-8-6/h3-4H,1-2H3,(H,7,8). The van der Waals surface area contributed by atoms with Gasteiger partial charge in [-0.15, -0.1) is 0 Å². The number of imidazole rings is 1. The van der Waals surface area contributed by atoms with Gasteiger partial charge in [-0.1, -0.05) is 0 Å². The minimum atomic E-state index is -0.0325. The van der Waals surface area contributed by atoms with Gasteiger partial charge in [-0.3, -0.25) is 9.69 Å². The molecule has 1 rings (SSSR count). The molecule has 0 bridgehead atoms. The summed E-state index contributed by atoms with van der Waals surface area (Å²) in [5.74, 6) is 0.544. The Bertz CT molecular complexity index is 217. The van der Waals surface area contributed by atoms with Crippen molar-refractivity contribution in [2.24, 2.45) is 0 Å². The molecule has 0 aliphatic rings. The van der Waals surface area contributed by atoms with Crippen LogP contribution in [-0.2, 0) is 4.79 Å². The number of nitrogens with zero attached hydrogens (tertiary/aromatic N) is 2. The first-order valence-electron chi connectivity index (χ1n) is 2.95. The van der Waals surface area contributed by atoms with E-state index in [1.54, 1.807) is 19.4 Å². The van der Waals surface area contributed by atoms with E-state index in [-0.39, 0.29) is 5.91 Å². The van der Waals surface area contributed by atoms with Gasteiger partial charge < -0.3 is 4.98 Å². The van der Waals surface area contributed by atoms with Gasteiger partial charge in [-0.2, -0.15) is 0 Å². The van der Waals surface area contributed by atoms with E-state index in [1.165, 1.54) is 11.8 Å². The van der Waals surface area contributed by atoms with Crippen LogP contribution in [0.1, 0.15) is 6.92 Å². The van der Waals surface area contributed by atoms with Gasteiger partial charge in [0, 0.05) is 26.4 Å². The van der Waals surface area contributed by atoms with Crippen LogP contribution in [0.15, 0.2) is 12.4 Å². The van der Waals surface area contributed by atoms with Crippen LogP contribution in [0.5, 0.6) is 0 Å². The number of amides is 1. The maximum absolute atomic E-state index is 10.7. The van der Waals surface area contributed by atoms with Crippen LogP contribution in [0.25, 0.3) is 0 Å². The fourth-order valence-corrected chi connectivity index (χ4v) is 0.590. The van der Waals surface area contributed by atoms with Crippen LogP contribution < -0.4 is 4.90 Å². The molecule has 0 aromatic carbocycles. The summed E-state index contributed by atoms with van der Waals surface area (Å²) in [5, 5.41) is 0. The summed E-state index contributed by atoms with van der Waals surface area (Å²) >= 11 is 0. The molecule has 0 radical (unpaired) electrons. The molecule has 1 aromatic rings. The Kier molecular flexibility index (Phi) is 1.71. The monoisotopic (exact) mass is 139 g/mol. The molecule has 10 heavy (non-hydrogen) atoms. The quantitative estimate of drug-likeness (QED) is 0.612. The van der Waals surface area contributed by atoms with Gasteiger partial charge in [-0.25, -0.2) is 4.98 Å². The van der Waals surface area contributed by atoms with Crippen LogP contribution in [0.2, 0.25) is 0 Å². The number of carbonyl (C=O) groups is 1. The van der Waals surface area contributed by atoms with Gasteiger partial charge in [0.15, 0.2) is 0 Å². The fraction of sp³-hybridized carbons (Fsp3) is 0.333. The Morgan fingerprint density at radius 1 is 1.80 bits per heavy atom. The Labute approximate surface area is 58.9 Å². The molecule has 0 saturated carbocycles. The smallest absolute Gasteiger partial charge is 0.225 e. The highest BCUT2D eigenvalue weighted by atomic mass is 16.2.